The largest absolute Gasteiger partial charge is 0.489 e. The third kappa shape index (κ3) is 5.69. The van der Waals surface area contributed by atoms with Crippen LogP contribution in [-0.4, -0.2) is 46.2 Å². The maximum atomic E-state index is 13.1. The van der Waals surface area contributed by atoms with Crippen LogP contribution < -0.4 is 4.74 Å². The van der Waals surface area contributed by atoms with Gasteiger partial charge >= 0.3 is 12.1 Å². The van der Waals surface area contributed by atoms with Gasteiger partial charge in [-0.05, 0) is 114 Å². The fraction of sp³-hybridized carbons (Fsp3) is 0.500. The molecule has 1 heterocycles. The lowest BCUT2D eigenvalue weighted by Crippen LogP contribution is -2.40. The Morgan fingerprint density at radius 3 is 2.38 bits per heavy atom. The molecule has 2 aromatic carbocycles. The molecule has 0 spiro atoms. The molecule has 0 bridgehead atoms. The van der Waals surface area contributed by atoms with E-state index < -0.39 is 17.3 Å². The summed E-state index contributed by atoms with van der Waals surface area (Å²) >= 11 is 0. The molecule has 0 radical (unpaired) electrons. The van der Waals surface area contributed by atoms with Gasteiger partial charge in [0.15, 0.2) is 0 Å². The Balaban J connectivity index is 1.54. The first-order chi connectivity index (χ1) is 18.4. The summed E-state index contributed by atoms with van der Waals surface area (Å²) in [6, 6.07) is 11.5. The number of hydrogen-bond acceptors (Lipinski definition) is 6. The van der Waals surface area contributed by atoms with E-state index in [1.54, 1.807) is 22.9 Å². The van der Waals surface area contributed by atoms with Gasteiger partial charge < -0.3 is 19.3 Å². The summed E-state index contributed by atoms with van der Waals surface area (Å²) in [5, 5.41) is 11.9. The number of rotatable bonds is 5. The summed E-state index contributed by atoms with van der Waals surface area (Å²) in [7, 11) is 1.37. The number of aryl methyl sites for hydroxylation is 1. The highest BCUT2D eigenvalue weighted by atomic mass is 16.6. The highest BCUT2D eigenvalue weighted by molar-refractivity contribution is 5.96. The SMILES string of the molecule is COC(=O)c1ccc([C@@H]2C[C@](C)(O)CC[C@H]2Oc2c(C3CC3)cc(C)c3c2ccn3C(=O)OC(C)(C)C)cc1. The highest BCUT2D eigenvalue weighted by Gasteiger charge is 2.40. The number of carbonyl (C=O) groups is 2. The Kier molecular flexibility index (Phi) is 7.00. The molecule has 1 aromatic heterocycles. The number of aliphatic hydroxyl groups is 1. The summed E-state index contributed by atoms with van der Waals surface area (Å²) in [4.78, 5) is 25.0. The maximum Gasteiger partial charge on any atom is 0.419 e. The molecule has 2 aliphatic carbocycles. The first kappa shape index (κ1) is 27.3. The van der Waals surface area contributed by atoms with Gasteiger partial charge in [0.25, 0.3) is 0 Å². The van der Waals surface area contributed by atoms with E-state index in [0.717, 1.165) is 40.6 Å². The van der Waals surface area contributed by atoms with E-state index in [4.69, 9.17) is 14.2 Å². The van der Waals surface area contributed by atoms with Crippen molar-refractivity contribution in [1.29, 1.82) is 0 Å². The summed E-state index contributed by atoms with van der Waals surface area (Å²) < 4.78 is 19.1. The van der Waals surface area contributed by atoms with E-state index in [0.29, 0.717) is 30.7 Å². The van der Waals surface area contributed by atoms with Crippen LogP contribution in [0.15, 0.2) is 42.6 Å². The molecule has 3 aromatic rings. The zero-order chi connectivity index (χ0) is 28.1. The van der Waals surface area contributed by atoms with Gasteiger partial charge in [0.05, 0.1) is 23.8 Å². The zero-order valence-corrected chi connectivity index (χ0v) is 23.7. The first-order valence-corrected chi connectivity index (χ1v) is 13.8. The van der Waals surface area contributed by atoms with E-state index in [9.17, 15) is 14.7 Å². The summed E-state index contributed by atoms with van der Waals surface area (Å²) in [6.07, 6.45) is 5.26. The van der Waals surface area contributed by atoms with E-state index in [2.05, 4.69) is 6.07 Å². The van der Waals surface area contributed by atoms with Gasteiger partial charge in [0.1, 0.15) is 17.5 Å². The minimum Gasteiger partial charge on any atom is -0.489 e. The standard InChI is InChI=1S/C32H39NO6/c1-19-17-24(20-7-8-20)28(23-14-16-33(27(19)23)30(35)39-31(2,3)4)38-26-13-15-32(5,36)18-25(26)21-9-11-22(12-10-21)29(34)37-6/h9-12,14,16-17,20,25-26,36H,7-8,13,15,18H2,1-6H3/t25-,26+,32+/m0/s1. The second-order valence-electron chi connectivity index (χ2n) is 12.4. The molecule has 3 atom stereocenters. The van der Waals surface area contributed by atoms with Crippen LogP contribution in [0.2, 0.25) is 0 Å². The number of fused-ring (bicyclic) bond motifs is 1. The van der Waals surface area contributed by atoms with Crippen molar-refractivity contribution in [2.45, 2.75) is 95.9 Å². The van der Waals surface area contributed by atoms with Gasteiger partial charge in [0, 0.05) is 17.5 Å². The second-order valence-corrected chi connectivity index (χ2v) is 12.4. The molecule has 2 saturated carbocycles. The van der Waals surface area contributed by atoms with Gasteiger partial charge in [-0.25, -0.2) is 9.59 Å². The van der Waals surface area contributed by atoms with Crippen molar-refractivity contribution in [3.63, 3.8) is 0 Å². The molecular weight excluding hydrogens is 494 g/mol. The number of esters is 1. The molecule has 0 unspecified atom stereocenters. The molecule has 7 nitrogen and oxygen atoms in total. The van der Waals surface area contributed by atoms with E-state index in [1.165, 1.54) is 12.7 Å². The molecule has 39 heavy (non-hydrogen) atoms. The Bertz CT molecular complexity index is 1390. The summed E-state index contributed by atoms with van der Waals surface area (Å²) in [6.45, 7) is 9.49. The van der Waals surface area contributed by atoms with Crippen molar-refractivity contribution in [3.05, 3.63) is 64.8 Å². The van der Waals surface area contributed by atoms with Crippen molar-refractivity contribution < 1.29 is 28.9 Å². The van der Waals surface area contributed by atoms with Gasteiger partial charge in [-0.15, -0.1) is 0 Å². The molecule has 1 N–H and O–H groups in total. The number of ether oxygens (including phenoxy) is 3. The number of hydrogen-bond donors (Lipinski definition) is 1. The quantitative estimate of drug-likeness (QED) is 0.361. The van der Waals surface area contributed by atoms with Crippen molar-refractivity contribution in [3.8, 4) is 5.75 Å². The van der Waals surface area contributed by atoms with Crippen LogP contribution in [0.3, 0.4) is 0 Å². The van der Waals surface area contributed by atoms with Crippen LogP contribution in [0.1, 0.15) is 98.7 Å². The summed E-state index contributed by atoms with van der Waals surface area (Å²) in [5.74, 6) is 0.813. The van der Waals surface area contributed by atoms with Gasteiger partial charge in [0.2, 0.25) is 0 Å². The van der Waals surface area contributed by atoms with Crippen LogP contribution in [0, 0.1) is 6.92 Å². The number of nitrogens with zero attached hydrogens (tertiary/aromatic N) is 1. The fourth-order valence-electron chi connectivity index (χ4n) is 5.80. The lowest BCUT2D eigenvalue weighted by Gasteiger charge is -2.40. The average Bonchev–Trinajstić information content (AvgIpc) is 3.62. The Morgan fingerprint density at radius 2 is 1.77 bits per heavy atom. The van der Waals surface area contributed by atoms with Crippen LogP contribution in [0.25, 0.3) is 10.9 Å². The van der Waals surface area contributed by atoms with E-state index in [1.807, 2.05) is 52.8 Å². The van der Waals surface area contributed by atoms with Crippen molar-refractivity contribution in [2.75, 3.05) is 7.11 Å². The Labute approximate surface area is 230 Å². The minimum atomic E-state index is -0.812. The van der Waals surface area contributed by atoms with Crippen LogP contribution >= 0.6 is 0 Å². The first-order valence-electron chi connectivity index (χ1n) is 13.8. The lowest BCUT2D eigenvalue weighted by atomic mass is 9.74. The van der Waals surface area contributed by atoms with Crippen LogP contribution in [0.5, 0.6) is 5.75 Å². The molecule has 2 fully saturated rings. The summed E-state index contributed by atoms with van der Waals surface area (Å²) in [5.41, 5.74) is 3.07. The average molecular weight is 534 g/mol. The van der Waals surface area contributed by atoms with Crippen LogP contribution in [0.4, 0.5) is 4.79 Å². The molecule has 0 amide bonds. The number of aromatic nitrogens is 1. The molecule has 208 valence electrons. The smallest absolute Gasteiger partial charge is 0.419 e. The third-order valence-electron chi connectivity index (χ3n) is 7.85. The maximum absolute atomic E-state index is 13.1. The number of benzene rings is 2. The molecule has 7 heteroatoms. The minimum absolute atomic E-state index is 0.0724. The van der Waals surface area contributed by atoms with Crippen molar-refractivity contribution >= 4 is 23.0 Å². The predicted molar refractivity (Wildman–Crippen MR) is 150 cm³/mol. The second kappa shape index (κ2) is 10.0. The van der Waals surface area contributed by atoms with Crippen molar-refractivity contribution in [2.24, 2.45) is 0 Å². The third-order valence-corrected chi connectivity index (χ3v) is 7.85. The zero-order valence-electron chi connectivity index (χ0n) is 23.7. The topological polar surface area (TPSA) is 87.0 Å². The highest BCUT2D eigenvalue weighted by Crippen LogP contribution is 2.50. The normalized spacial score (nSPS) is 23.5. The van der Waals surface area contributed by atoms with E-state index >= 15 is 0 Å². The van der Waals surface area contributed by atoms with Crippen LogP contribution in [-0.2, 0) is 9.47 Å². The molecule has 5 rings (SSSR count). The molecule has 2 aliphatic rings. The lowest BCUT2D eigenvalue weighted by molar-refractivity contribution is -0.0233. The molecular formula is C32H39NO6. The Morgan fingerprint density at radius 1 is 1.08 bits per heavy atom. The monoisotopic (exact) mass is 533 g/mol. The van der Waals surface area contributed by atoms with Gasteiger partial charge in [-0.2, -0.15) is 0 Å². The predicted octanol–water partition coefficient (Wildman–Crippen LogP) is 6.86. The Hall–Kier alpha value is -3.32. The van der Waals surface area contributed by atoms with Gasteiger partial charge in [-0.3, -0.25) is 4.57 Å². The molecule has 0 aliphatic heterocycles. The number of methoxy groups -OCH3 is 1. The van der Waals surface area contributed by atoms with E-state index in [-0.39, 0.29) is 18.0 Å². The number of carbonyl (C=O) groups excluding carboxylic acids is 2. The van der Waals surface area contributed by atoms with Gasteiger partial charge in [-0.1, -0.05) is 12.1 Å². The fourth-order valence-corrected chi connectivity index (χ4v) is 5.80. The molecule has 0 saturated heterocycles. The van der Waals surface area contributed by atoms with Crippen molar-refractivity contribution in [1.82, 2.24) is 4.57 Å².